The van der Waals surface area contributed by atoms with E-state index in [4.69, 9.17) is 35.3 Å². The zero-order valence-corrected chi connectivity index (χ0v) is 20.7. The first-order valence-corrected chi connectivity index (χ1v) is 12.0. The molecule has 0 aliphatic carbocycles. The lowest BCUT2D eigenvalue weighted by atomic mass is 9.98. The van der Waals surface area contributed by atoms with Gasteiger partial charge in [-0.1, -0.05) is 23.7 Å². The van der Waals surface area contributed by atoms with Gasteiger partial charge in [-0.2, -0.15) is 0 Å². The topological polar surface area (TPSA) is 66.5 Å². The molecule has 0 bridgehead atoms. The highest BCUT2D eigenvalue weighted by Gasteiger charge is 2.36. The van der Waals surface area contributed by atoms with E-state index in [1.807, 2.05) is 37.3 Å². The number of rotatable bonds is 4. The van der Waals surface area contributed by atoms with Crippen molar-refractivity contribution in [2.45, 2.75) is 26.6 Å². The molecule has 184 valence electrons. The molecule has 7 nitrogen and oxygen atoms in total. The molecule has 0 N–H and O–H groups in total. The number of carbonyl (C=O) groups is 1. The third kappa shape index (κ3) is 4.09. The van der Waals surface area contributed by atoms with Crippen molar-refractivity contribution in [2.75, 3.05) is 20.6 Å². The van der Waals surface area contributed by atoms with Crippen LogP contribution in [0.4, 0.5) is 0 Å². The molecule has 3 aliphatic rings. The Morgan fingerprint density at radius 1 is 1.11 bits per heavy atom. The number of Topliss-reactive ketones (excluding diaryl/α,β-unsaturated/α-hetero) is 1. The predicted molar refractivity (Wildman–Crippen MR) is 134 cm³/mol. The van der Waals surface area contributed by atoms with Crippen LogP contribution in [0.15, 0.2) is 48.2 Å². The molecule has 36 heavy (non-hydrogen) atoms. The Kier molecular flexibility index (Phi) is 5.84. The van der Waals surface area contributed by atoms with Crippen LogP contribution in [0, 0.1) is 6.92 Å². The lowest BCUT2D eigenvalue weighted by Crippen LogP contribution is -2.31. The fourth-order valence-electron chi connectivity index (χ4n) is 4.82. The second-order valence-corrected chi connectivity index (χ2v) is 9.45. The number of hydrogen-bond donors (Lipinski definition) is 0. The minimum atomic E-state index is -0.168. The molecule has 0 amide bonds. The van der Waals surface area contributed by atoms with Crippen LogP contribution in [0.3, 0.4) is 0 Å². The Bertz CT molecular complexity index is 1400. The second kappa shape index (κ2) is 9.17. The number of allylic oxidation sites excluding steroid dienone is 1. The van der Waals surface area contributed by atoms with Gasteiger partial charge in [0, 0.05) is 29.2 Å². The Morgan fingerprint density at radius 3 is 2.75 bits per heavy atom. The minimum Gasteiger partial charge on any atom is -0.497 e. The van der Waals surface area contributed by atoms with Crippen molar-refractivity contribution in [3.05, 3.63) is 86.6 Å². The summed E-state index contributed by atoms with van der Waals surface area (Å²) in [6.07, 6.45) is 1.70. The largest absolute Gasteiger partial charge is 0.497 e. The average Bonchev–Trinajstić information content (AvgIpc) is 3.21. The Balaban J connectivity index is 1.31. The van der Waals surface area contributed by atoms with E-state index in [9.17, 15) is 4.79 Å². The van der Waals surface area contributed by atoms with Gasteiger partial charge in [0.05, 0.1) is 24.8 Å². The molecule has 0 atom stereocenters. The number of benzene rings is 3. The smallest absolute Gasteiger partial charge is 0.232 e. The van der Waals surface area contributed by atoms with E-state index in [-0.39, 0.29) is 18.3 Å². The summed E-state index contributed by atoms with van der Waals surface area (Å²) < 4.78 is 28.6. The maximum Gasteiger partial charge on any atom is 0.232 e. The van der Waals surface area contributed by atoms with Crippen LogP contribution >= 0.6 is 11.6 Å². The van der Waals surface area contributed by atoms with E-state index in [1.165, 1.54) is 0 Å². The first kappa shape index (κ1) is 22.9. The van der Waals surface area contributed by atoms with Crippen LogP contribution in [0.2, 0.25) is 5.02 Å². The zero-order valence-electron chi connectivity index (χ0n) is 19.9. The van der Waals surface area contributed by atoms with Crippen LogP contribution < -0.4 is 18.9 Å². The molecule has 3 heterocycles. The summed E-state index contributed by atoms with van der Waals surface area (Å²) in [6.45, 7) is 4.18. The number of nitrogens with zero attached hydrogens (tertiary/aromatic N) is 1. The fourth-order valence-corrected chi connectivity index (χ4v) is 5.07. The van der Waals surface area contributed by atoms with Gasteiger partial charge in [0.25, 0.3) is 0 Å². The molecule has 0 unspecified atom stereocenters. The van der Waals surface area contributed by atoms with Crippen molar-refractivity contribution in [3.63, 3.8) is 0 Å². The van der Waals surface area contributed by atoms with Gasteiger partial charge in [-0.3, -0.25) is 9.69 Å². The molecule has 3 aromatic carbocycles. The predicted octanol–water partition coefficient (Wildman–Crippen LogP) is 5.49. The summed E-state index contributed by atoms with van der Waals surface area (Å²) >= 11 is 6.32. The fraction of sp³-hybridized carbons (Fsp3) is 0.250. The molecule has 0 aromatic heterocycles. The number of ketones is 1. The number of fused-ring (bicyclic) bond motifs is 4. The van der Waals surface area contributed by atoms with Gasteiger partial charge in [0.1, 0.15) is 29.7 Å². The summed E-state index contributed by atoms with van der Waals surface area (Å²) in [7, 11) is 1.65. The summed E-state index contributed by atoms with van der Waals surface area (Å²) in [5.74, 6) is 2.83. The summed E-state index contributed by atoms with van der Waals surface area (Å²) in [6, 6.07) is 13.4. The normalized spacial score (nSPS) is 17.5. The summed E-state index contributed by atoms with van der Waals surface area (Å²) in [5.41, 5.74) is 4.90. The standard InChI is InChI=1S/C28H24ClNO6/c1-16-7-23-22(12-30(14-34-23)11-17-3-5-21(32-2)6-4-17)28-25(16)26(31)24(36-28)10-18-8-20(29)9-19-13-33-15-35-27(18)19/h3-10H,11-15H2,1-2H3/b24-10-. The van der Waals surface area contributed by atoms with E-state index < -0.39 is 0 Å². The molecule has 0 spiro atoms. The highest BCUT2D eigenvalue weighted by molar-refractivity contribution is 6.31. The number of halogens is 1. The molecule has 3 aliphatic heterocycles. The van der Waals surface area contributed by atoms with Crippen LogP contribution in [0.1, 0.15) is 38.2 Å². The number of carbonyl (C=O) groups excluding carboxylic acids is 1. The Morgan fingerprint density at radius 2 is 1.94 bits per heavy atom. The molecule has 0 saturated heterocycles. The number of ether oxygens (including phenoxy) is 5. The van der Waals surface area contributed by atoms with E-state index in [0.717, 1.165) is 33.8 Å². The van der Waals surface area contributed by atoms with Gasteiger partial charge < -0.3 is 23.7 Å². The third-order valence-corrected chi connectivity index (χ3v) is 6.76. The molecular weight excluding hydrogens is 482 g/mol. The highest BCUT2D eigenvalue weighted by atomic mass is 35.5. The van der Waals surface area contributed by atoms with E-state index >= 15 is 0 Å². The summed E-state index contributed by atoms with van der Waals surface area (Å²) in [4.78, 5) is 15.6. The van der Waals surface area contributed by atoms with Crippen molar-refractivity contribution in [1.82, 2.24) is 4.90 Å². The van der Waals surface area contributed by atoms with Gasteiger partial charge in [-0.25, -0.2) is 0 Å². The second-order valence-electron chi connectivity index (χ2n) is 9.02. The Labute approximate surface area is 213 Å². The molecule has 3 aromatic rings. The molecule has 0 saturated carbocycles. The quantitative estimate of drug-likeness (QED) is 0.434. The molecule has 6 rings (SSSR count). The zero-order chi connectivity index (χ0) is 24.8. The third-order valence-electron chi connectivity index (χ3n) is 6.54. The van der Waals surface area contributed by atoms with E-state index in [1.54, 1.807) is 25.3 Å². The number of aryl methyl sites for hydroxylation is 1. The van der Waals surface area contributed by atoms with Crippen LogP contribution in [0.25, 0.3) is 6.08 Å². The van der Waals surface area contributed by atoms with Gasteiger partial charge in [0.15, 0.2) is 12.6 Å². The van der Waals surface area contributed by atoms with Crippen molar-refractivity contribution in [2.24, 2.45) is 0 Å². The SMILES string of the molecule is COc1ccc(CN2COc3cc(C)c4c(c3C2)O/C(=C\c2cc(Cl)cc3c2OCOC3)C4=O)cc1. The lowest BCUT2D eigenvalue weighted by Gasteiger charge is -2.30. The maximum atomic E-state index is 13.4. The number of hydrogen-bond acceptors (Lipinski definition) is 7. The van der Waals surface area contributed by atoms with Gasteiger partial charge in [0.2, 0.25) is 5.78 Å². The van der Waals surface area contributed by atoms with Gasteiger partial charge in [-0.05, 0) is 54.5 Å². The van der Waals surface area contributed by atoms with Crippen molar-refractivity contribution in [3.8, 4) is 23.0 Å². The van der Waals surface area contributed by atoms with Crippen molar-refractivity contribution in [1.29, 1.82) is 0 Å². The van der Waals surface area contributed by atoms with E-state index in [2.05, 4.69) is 4.90 Å². The lowest BCUT2D eigenvalue weighted by molar-refractivity contribution is -0.0165. The summed E-state index contributed by atoms with van der Waals surface area (Å²) in [5, 5.41) is 0.536. The van der Waals surface area contributed by atoms with Crippen molar-refractivity contribution < 1.29 is 28.5 Å². The van der Waals surface area contributed by atoms with Crippen LogP contribution in [0.5, 0.6) is 23.0 Å². The van der Waals surface area contributed by atoms with Gasteiger partial charge >= 0.3 is 0 Å². The minimum absolute atomic E-state index is 0.147. The molecule has 8 heteroatoms. The first-order chi connectivity index (χ1) is 17.5. The van der Waals surface area contributed by atoms with Crippen LogP contribution in [-0.2, 0) is 24.4 Å². The monoisotopic (exact) mass is 505 g/mol. The first-order valence-electron chi connectivity index (χ1n) is 11.6. The number of methoxy groups -OCH3 is 1. The Hall–Kier alpha value is -3.52. The highest BCUT2D eigenvalue weighted by Crippen LogP contribution is 2.45. The van der Waals surface area contributed by atoms with Gasteiger partial charge in [-0.15, -0.1) is 0 Å². The average molecular weight is 506 g/mol. The molecule has 0 fully saturated rings. The van der Waals surface area contributed by atoms with E-state index in [0.29, 0.717) is 54.1 Å². The maximum absolute atomic E-state index is 13.4. The molecular formula is C28H24ClNO6. The van der Waals surface area contributed by atoms with Crippen LogP contribution in [-0.4, -0.2) is 31.3 Å². The van der Waals surface area contributed by atoms with Crippen molar-refractivity contribution >= 4 is 23.5 Å². The molecule has 0 radical (unpaired) electrons.